The van der Waals surface area contributed by atoms with Crippen LogP contribution in [0.25, 0.3) is 0 Å². The fourth-order valence-corrected chi connectivity index (χ4v) is 1.93. The van der Waals surface area contributed by atoms with Crippen molar-refractivity contribution < 1.29 is 22.4 Å². The third kappa shape index (κ3) is 3.00. The molecule has 0 fully saturated rings. The predicted molar refractivity (Wildman–Crippen MR) is 70.4 cm³/mol. The average Bonchev–Trinajstić information content (AvgIpc) is 2.43. The standard InChI is InChI=1S/C14H8ClF4NO/c1-6-2-3-10(8(15)4-6)20-14(21)7-5-9(16)12(18)13(19)11(7)17/h2-5H,1H3,(H,20,21). The molecule has 0 aliphatic heterocycles. The number of halogens is 5. The van der Waals surface area contributed by atoms with Gasteiger partial charge in [0, 0.05) is 0 Å². The number of carbonyl (C=O) groups excluding carboxylic acids is 1. The molecular weight excluding hydrogens is 310 g/mol. The molecule has 2 aromatic carbocycles. The van der Waals surface area contributed by atoms with Crippen molar-refractivity contribution in [3.8, 4) is 0 Å². The molecule has 7 heteroatoms. The van der Waals surface area contributed by atoms with Crippen LogP contribution in [0.5, 0.6) is 0 Å². The van der Waals surface area contributed by atoms with Gasteiger partial charge in [0.05, 0.1) is 16.3 Å². The van der Waals surface area contributed by atoms with E-state index in [-0.39, 0.29) is 16.8 Å². The molecule has 0 spiro atoms. The molecule has 0 unspecified atom stereocenters. The fraction of sp³-hybridized carbons (Fsp3) is 0.0714. The Kier molecular flexibility index (Phi) is 4.18. The van der Waals surface area contributed by atoms with E-state index in [2.05, 4.69) is 5.32 Å². The summed E-state index contributed by atoms with van der Waals surface area (Å²) in [6.45, 7) is 1.77. The summed E-state index contributed by atoms with van der Waals surface area (Å²) in [6.07, 6.45) is 0. The number of aryl methyl sites for hydroxylation is 1. The van der Waals surface area contributed by atoms with Crippen LogP contribution in [0, 0.1) is 30.2 Å². The average molecular weight is 318 g/mol. The van der Waals surface area contributed by atoms with Crippen molar-refractivity contribution in [1.82, 2.24) is 0 Å². The third-order valence-corrected chi connectivity index (χ3v) is 3.03. The van der Waals surface area contributed by atoms with Crippen molar-refractivity contribution in [3.05, 3.63) is 63.7 Å². The van der Waals surface area contributed by atoms with Crippen molar-refractivity contribution in [2.45, 2.75) is 6.92 Å². The van der Waals surface area contributed by atoms with E-state index in [4.69, 9.17) is 11.6 Å². The van der Waals surface area contributed by atoms with Gasteiger partial charge in [-0.15, -0.1) is 0 Å². The van der Waals surface area contributed by atoms with E-state index in [1.54, 1.807) is 19.1 Å². The van der Waals surface area contributed by atoms with E-state index in [9.17, 15) is 22.4 Å². The van der Waals surface area contributed by atoms with Crippen molar-refractivity contribution >= 4 is 23.2 Å². The van der Waals surface area contributed by atoms with Crippen molar-refractivity contribution in [1.29, 1.82) is 0 Å². The molecule has 1 N–H and O–H groups in total. The molecule has 0 atom stereocenters. The van der Waals surface area contributed by atoms with Gasteiger partial charge in [0.1, 0.15) is 0 Å². The SMILES string of the molecule is Cc1ccc(NC(=O)c2cc(F)c(F)c(F)c2F)c(Cl)c1. The smallest absolute Gasteiger partial charge is 0.258 e. The normalized spacial score (nSPS) is 10.6. The molecule has 0 radical (unpaired) electrons. The molecule has 0 aliphatic rings. The number of hydrogen-bond acceptors (Lipinski definition) is 1. The highest BCUT2D eigenvalue weighted by Gasteiger charge is 2.23. The summed E-state index contributed by atoms with van der Waals surface area (Å²) in [6, 6.07) is 4.90. The minimum absolute atomic E-state index is 0.136. The van der Waals surface area contributed by atoms with Crippen molar-refractivity contribution in [3.63, 3.8) is 0 Å². The number of amides is 1. The molecular formula is C14H8ClF4NO. The highest BCUT2D eigenvalue weighted by atomic mass is 35.5. The van der Waals surface area contributed by atoms with Gasteiger partial charge in [-0.05, 0) is 30.7 Å². The Balaban J connectivity index is 2.37. The van der Waals surface area contributed by atoms with Crippen LogP contribution in [0.4, 0.5) is 23.2 Å². The van der Waals surface area contributed by atoms with E-state index >= 15 is 0 Å². The number of nitrogens with one attached hydrogen (secondary N) is 1. The lowest BCUT2D eigenvalue weighted by atomic mass is 10.1. The quantitative estimate of drug-likeness (QED) is 0.494. The second-order valence-corrected chi connectivity index (χ2v) is 4.69. The van der Waals surface area contributed by atoms with Gasteiger partial charge in [0.15, 0.2) is 23.3 Å². The Hall–Kier alpha value is -2.08. The van der Waals surface area contributed by atoms with E-state index in [1.807, 2.05) is 0 Å². The number of benzene rings is 2. The highest BCUT2D eigenvalue weighted by Crippen LogP contribution is 2.25. The van der Waals surface area contributed by atoms with E-state index < -0.39 is 34.7 Å². The molecule has 110 valence electrons. The van der Waals surface area contributed by atoms with Crippen LogP contribution < -0.4 is 5.32 Å². The molecule has 0 saturated heterocycles. The molecule has 2 aromatic rings. The maximum Gasteiger partial charge on any atom is 0.258 e. The van der Waals surface area contributed by atoms with Gasteiger partial charge in [-0.2, -0.15) is 0 Å². The lowest BCUT2D eigenvalue weighted by Crippen LogP contribution is -2.16. The summed E-state index contributed by atoms with van der Waals surface area (Å²) < 4.78 is 52.5. The summed E-state index contributed by atoms with van der Waals surface area (Å²) >= 11 is 5.87. The first-order chi connectivity index (χ1) is 9.81. The van der Waals surface area contributed by atoms with E-state index in [0.29, 0.717) is 0 Å². The molecule has 2 nitrogen and oxygen atoms in total. The highest BCUT2D eigenvalue weighted by molar-refractivity contribution is 6.34. The van der Waals surface area contributed by atoms with Gasteiger partial charge in [-0.3, -0.25) is 4.79 Å². The maximum atomic E-state index is 13.5. The van der Waals surface area contributed by atoms with Crippen LogP contribution in [0.2, 0.25) is 5.02 Å². The van der Waals surface area contributed by atoms with Gasteiger partial charge in [-0.1, -0.05) is 17.7 Å². The molecule has 0 saturated carbocycles. The van der Waals surface area contributed by atoms with Gasteiger partial charge in [0.25, 0.3) is 5.91 Å². The topological polar surface area (TPSA) is 29.1 Å². The Morgan fingerprint density at radius 3 is 2.33 bits per heavy atom. The molecule has 0 heterocycles. The monoisotopic (exact) mass is 317 g/mol. The van der Waals surface area contributed by atoms with Crippen LogP contribution in [-0.4, -0.2) is 5.91 Å². The van der Waals surface area contributed by atoms with Crippen LogP contribution >= 0.6 is 11.6 Å². The Bertz CT molecular complexity index is 733. The Morgan fingerprint density at radius 1 is 1.05 bits per heavy atom. The zero-order chi connectivity index (χ0) is 15.7. The second-order valence-electron chi connectivity index (χ2n) is 4.29. The summed E-state index contributed by atoms with van der Waals surface area (Å²) in [5.74, 6) is -8.59. The van der Waals surface area contributed by atoms with E-state index in [1.165, 1.54) is 6.07 Å². The molecule has 0 aromatic heterocycles. The first-order valence-corrected chi connectivity index (χ1v) is 6.09. The van der Waals surface area contributed by atoms with Crippen LogP contribution in [0.15, 0.2) is 24.3 Å². The lowest BCUT2D eigenvalue weighted by molar-refractivity contribution is 0.102. The van der Waals surface area contributed by atoms with Crippen LogP contribution in [0.1, 0.15) is 15.9 Å². The van der Waals surface area contributed by atoms with Gasteiger partial charge < -0.3 is 5.32 Å². The number of hydrogen-bond donors (Lipinski definition) is 1. The van der Waals surface area contributed by atoms with E-state index in [0.717, 1.165) is 5.56 Å². The minimum Gasteiger partial charge on any atom is -0.321 e. The summed E-state index contributed by atoms with van der Waals surface area (Å²) in [7, 11) is 0. The summed E-state index contributed by atoms with van der Waals surface area (Å²) in [5.41, 5.74) is 0.00269. The van der Waals surface area contributed by atoms with Gasteiger partial charge in [-0.25, -0.2) is 17.6 Å². The molecule has 1 amide bonds. The van der Waals surface area contributed by atoms with Gasteiger partial charge in [0.2, 0.25) is 0 Å². The fourth-order valence-electron chi connectivity index (χ4n) is 1.65. The first kappa shape index (κ1) is 15.3. The number of carbonyl (C=O) groups is 1. The van der Waals surface area contributed by atoms with Crippen LogP contribution in [0.3, 0.4) is 0 Å². The zero-order valence-corrected chi connectivity index (χ0v) is 11.4. The van der Waals surface area contributed by atoms with Crippen molar-refractivity contribution in [2.75, 3.05) is 5.32 Å². The largest absolute Gasteiger partial charge is 0.321 e. The zero-order valence-electron chi connectivity index (χ0n) is 10.6. The predicted octanol–water partition coefficient (Wildman–Crippen LogP) is 4.46. The summed E-state index contributed by atoms with van der Waals surface area (Å²) in [4.78, 5) is 11.8. The minimum atomic E-state index is -2.05. The lowest BCUT2D eigenvalue weighted by Gasteiger charge is -2.09. The Labute approximate surface area is 122 Å². The number of rotatable bonds is 2. The third-order valence-electron chi connectivity index (χ3n) is 2.72. The second kappa shape index (κ2) is 5.73. The molecule has 2 rings (SSSR count). The first-order valence-electron chi connectivity index (χ1n) is 5.71. The molecule has 0 aliphatic carbocycles. The summed E-state index contributed by atoms with van der Waals surface area (Å²) in [5, 5.41) is 2.37. The molecule has 0 bridgehead atoms. The number of anilines is 1. The van der Waals surface area contributed by atoms with Crippen molar-refractivity contribution in [2.24, 2.45) is 0 Å². The molecule has 21 heavy (non-hydrogen) atoms. The Morgan fingerprint density at radius 2 is 1.71 bits per heavy atom. The van der Waals surface area contributed by atoms with Gasteiger partial charge >= 0.3 is 0 Å². The van der Waals surface area contributed by atoms with Crippen LogP contribution in [-0.2, 0) is 0 Å². The maximum absolute atomic E-state index is 13.5.